The van der Waals surface area contributed by atoms with Crippen molar-refractivity contribution in [3.05, 3.63) is 12.3 Å². The molecule has 3 aliphatic heterocycles. The van der Waals surface area contributed by atoms with Crippen LogP contribution in [0.3, 0.4) is 0 Å². The third-order valence-corrected chi connectivity index (χ3v) is 10.5. The maximum Gasteiger partial charge on any atom is 0.308 e. The summed E-state index contributed by atoms with van der Waals surface area (Å²) in [5, 5.41) is 11.6. The minimum atomic E-state index is -1.18. The lowest BCUT2D eigenvalue weighted by molar-refractivity contribution is -0.293. The Balaban J connectivity index is 1.68. The van der Waals surface area contributed by atoms with Gasteiger partial charge in [-0.25, -0.2) is 0 Å². The van der Waals surface area contributed by atoms with E-state index in [0.29, 0.717) is 19.3 Å². The average molecular weight is 551 g/mol. The maximum absolute atomic E-state index is 13.2. The van der Waals surface area contributed by atoms with Gasteiger partial charge >= 0.3 is 17.9 Å². The van der Waals surface area contributed by atoms with Crippen LogP contribution in [0.5, 0.6) is 0 Å². The molecule has 2 aliphatic carbocycles. The number of rotatable bonds is 7. The van der Waals surface area contributed by atoms with Crippen LogP contribution in [0.25, 0.3) is 0 Å². The topological polar surface area (TPSA) is 130 Å². The molecule has 218 valence electrons. The molecule has 5 rings (SSSR count). The van der Waals surface area contributed by atoms with E-state index in [1.165, 1.54) is 13.8 Å². The smallest absolute Gasteiger partial charge is 0.308 e. The highest BCUT2D eigenvalue weighted by Gasteiger charge is 2.81. The Morgan fingerprint density at radius 1 is 1.13 bits per heavy atom. The highest BCUT2D eigenvalue weighted by Crippen LogP contribution is 2.70. The molecule has 2 saturated carbocycles. The van der Waals surface area contributed by atoms with Crippen LogP contribution >= 0.6 is 0 Å². The highest BCUT2D eigenvalue weighted by atomic mass is 16.7. The summed E-state index contributed by atoms with van der Waals surface area (Å²) in [5.74, 6) is -2.16. The second-order valence-corrected chi connectivity index (χ2v) is 12.5. The van der Waals surface area contributed by atoms with E-state index in [9.17, 15) is 19.5 Å². The Bertz CT molecular complexity index is 1020. The molecule has 0 aromatic heterocycles. The van der Waals surface area contributed by atoms with Crippen LogP contribution in [-0.2, 0) is 42.8 Å². The predicted molar refractivity (Wildman–Crippen MR) is 136 cm³/mol. The molecule has 10 heteroatoms. The number of ether oxygens (including phenoxy) is 6. The van der Waals surface area contributed by atoms with E-state index in [0.717, 1.165) is 0 Å². The molecule has 0 unspecified atom stereocenters. The molecular formula is C29H42O10. The zero-order chi connectivity index (χ0) is 28.3. The van der Waals surface area contributed by atoms with Gasteiger partial charge in [0, 0.05) is 37.5 Å². The van der Waals surface area contributed by atoms with Crippen molar-refractivity contribution >= 4 is 17.9 Å². The first-order valence-corrected chi connectivity index (χ1v) is 14.2. The van der Waals surface area contributed by atoms with Crippen LogP contribution in [0.2, 0.25) is 0 Å². The van der Waals surface area contributed by atoms with Gasteiger partial charge in [0.2, 0.25) is 6.29 Å². The van der Waals surface area contributed by atoms with E-state index in [1.54, 1.807) is 6.26 Å². The van der Waals surface area contributed by atoms with E-state index in [1.807, 2.05) is 19.9 Å². The van der Waals surface area contributed by atoms with Crippen molar-refractivity contribution in [1.82, 2.24) is 0 Å². The molecule has 39 heavy (non-hydrogen) atoms. The van der Waals surface area contributed by atoms with Crippen molar-refractivity contribution < 1.29 is 47.9 Å². The molecule has 1 N–H and O–H groups in total. The molecule has 3 heterocycles. The van der Waals surface area contributed by atoms with E-state index in [-0.39, 0.29) is 49.5 Å². The number of fused-ring (bicyclic) bond motifs is 3. The molecule has 10 nitrogen and oxygen atoms in total. The summed E-state index contributed by atoms with van der Waals surface area (Å²) >= 11 is 0. The molecule has 0 amide bonds. The molecule has 0 bridgehead atoms. The van der Waals surface area contributed by atoms with Crippen molar-refractivity contribution in [3.8, 4) is 0 Å². The summed E-state index contributed by atoms with van der Waals surface area (Å²) < 4.78 is 36.3. The van der Waals surface area contributed by atoms with Crippen LogP contribution in [0, 0.1) is 34.5 Å². The molecule has 0 aromatic rings. The first kappa shape index (κ1) is 28.4. The Labute approximate surface area is 229 Å². The quantitative estimate of drug-likeness (QED) is 0.287. The fourth-order valence-corrected chi connectivity index (χ4v) is 8.06. The van der Waals surface area contributed by atoms with Gasteiger partial charge in [0.15, 0.2) is 0 Å². The van der Waals surface area contributed by atoms with Crippen molar-refractivity contribution in [3.63, 3.8) is 0 Å². The van der Waals surface area contributed by atoms with Crippen LogP contribution in [0.15, 0.2) is 12.3 Å². The van der Waals surface area contributed by atoms with Crippen molar-refractivity contribution in [1.29, 1.82) is 0 Å². The van der Waals surface area contributed by atoms with Gasteiger partial charge in [-0.05, 0) is 31.3 Å². The predicted octanol–water partition coefficient (Wildman–Crippen LogP) is 2.90. The van der Waals surface area contributed by atoms with Gasteiger partial charge in [-0.15, -0.1) is 0 Å². The van der Waals surface area contributed by atoms with Gasteiger partial charge in [0.05, 0.1) is 36.4 Å². The number of hydrogen-bond acceptors (Lipinski definition) is 10. The van der Waals surface area contributed by atoms with E-state index in [2.05, 4.69) is 13.8 Å². The lowest BCUT2D eigenvalue weighted by atomic mass is 9.41. The third kappa shape index (κ3) is 4.28. The molecule has 0 radical (unpaired) electrons. The molecule has 1 spiro atoms. The summed E-state index contributed by atoms with van der Waals surface area (Å²) in [6, 6.07) is 0. The zero-order valence-corrected chi connectivity index (χ0v) is 23.7. The summed E-state index contributed by atoms with van der Waals surface area (Å²) in [6.07, 6.45) is 2.36. The minimum Gasteiger partial charge on any atom is -0.472 e. The van der Waals surface area contributed by atoms with Crippen molar-refractivity contribution in [2.75, 3.05) is 13.2 Å². The second-order valence-electron chi connectivity index (χ2n) is 12.5. The standard InChI is InChI=1S/C29H42O10/c1-7-15(2)25(33)38-20-12-21(32)29(14-36-29)28(13-35-17(4)30)23(37-18(5)31)10-16(3)27(6,24(20)28)22-11-19-8-9-34-26(19)39-22/h8-9,15-16,19-24,26,32H,7,10-14H2,1-6H3/t15-,16-,19-,20-,21+,22-,23+,24-,26+,27-,28-,29-/m1/s1. The van der Waals surface area contributed by atoms with E-state index in [4.69, 9.17) is 28.4 Å². The van der Waals surface area contributed by atoms with Crippen LogP contribution in [0.4, 0.5) is 0 Å². The SMILES string of the molecule is CC[C@@H](C)C(=O)O[C@@H]1C[C@H](O)[C@]2(CO2)[C@]2(COC(C)=O)[C@@H](OC(C)=O)C[C@@H](C)[C@](C)([C@H]3C[C@H]4C=CO[C@H]4O3)[C@@H]12. The van der Waals surface area contributed by atoms with Gasteiger partial charge in [-0.3, -0.25) is 14.4 Å². The summed E-state index contributed by atoms with van der Waals surface area (Å²) in [4.78, 5) is 37.9. The Hall–Kier alpha value is -2.17. The van der Waals surface area contributed by atoms with Gasteiger partial charge in [0.1, 0.15) is 24.4 Å². The van der Waals surface area contributed by atoms with Gasteiger partial charge in [-0.1, -0.05) is 27.7 Å². The van der Waals surface area contributed by atoms with Crippen LogP contribution < -0.4 is 0 Å². The maximum atomic E-state index is 13.2. The van der Waals surface area contributed by atoms with E-state index >= 15 is 0 Å². The molecular weight excluding hydrogens is 508 g/mol. The molecule has 12 atom stereocenters. The van der Waals surface area contributed by atoms with Crippen LogP contribution in [0.1, 0.15) is 67.2 Å². The number of esters is 3. The number of epoxide rings is 1. The lowest BCUT2D eigenvalue weighted by Crippen LogP contribution is -2.75. The van der Waals surface area contributed by atoms with Gasteiger partial charge in [-0.2, -0.15) is 0 Å². The monoisotopic (exact) mass is 550 g/mol. The minimum absolute atomic E-state index is 0.0547. The number of aliphatic hydroxyl groups excluding tert-OH is 1. The summed E-state index contributed by atoms with van der Waals surface area (Å²) in [6.45, 7) is 10.7. The van der Waals surface area contributed by atoms with Crippen molar-refractivity contribution in [2.45, 2.75) is 104 Å². The van der Waals surface area contributed by atoms with Gasteiger partial charge < -0.3 is 33.5 Å². The third-order valence-electron chi connectivity index (χ3n) is 10.5. The number of carbonyl (C=O) groups is 3. The average Bonchev–Trinajstić information content (AvgIpc) is 3.38. The Kier molecular flexibility index (Phi) is 7.29. The lowest BCUT2D eigenvalue weighted by Gasteiger charge is -2.65. The second kappa shape index (κ2) is 10.0. The fourth-order valence-electron chi connectivity index (χ4n) is 8.06. The zero-order valence-electron chi connectivity index (χ0n) is 23.7. The van der Waals surface area contributed by atoms with Crippen LogP contribution in [-0.4, -0.2) is 72.5 Å². The Morgan fingerprint density at radius 3 is 2.44 bits per heavy atom. The van der Waals surface area contributed by atoms with Crippen molar-refractivity contribution in [2.24, 2.45) is 34.5 Å². The molecule has 5 aliphatic rings. The summed E-state index contributed by atoms with van der Waals surface area (Å²) in [5.41, 5.74) is -2.95. The number of hydrogen-bond donors (Lipinski definition) is 1. The van der Waals surface area contributed by atoms with Gasteiger partial charge in [0.25, 0.3) is 0 Å². The number of aliphatic hydroxyl groups is 1. The molecule has 4 fully saturated rings. The summed E-state index contributed by atoms with van der Waals surface area (Å²) in [7, 11) is 0. The largest absolute Gasteiger partial charge is 0.472 e. The molecule has 0 aromatic carbocycles. The normalized spacial score (nSPS) is 46.5. The van der Waals surface area contributed by atoms with E-state index < -0.39 is 58.9 Å². The fraction of sp³-hybridized carbons (Fsp3) is 0.828. The molecule has 2 saturated heterocycles. The highest BCUT2D eigenvalue weighted by molar-refractivity contribution is 5.72. The first-order chi connectivity index (χ1) is 18.4. The Morgan fingerprint density at radius 2 is 1.85 bits per heavy atom. The number of carbonyl (C=O) groups excluding carboxylic acids is 3. The first-order valence-electron chi connectivity index (χ1n) is 14.2.